The van der Waals surface area contributed by atoms with Gasteiger partial charge in [0.15, 0.2) is 0 Å². The number of aliphatic carboxylic acids is 1. The number of nitrogens with two attached hydrogens (primary N) is 1. The van der Waals surface area contributed by atoms with Gasteiger partial charge in [0.1, 0.15) is 0 Å². The summed E-state index contributed by atoms with van der Waals surface area (Å²) < 4.78 is 0. The molecule has 4 heteroatoms. The predicted octanol–water partition coefficient (Wildman–Crippen LogP) is 1.27. The van der Waals surface area contributed by atoms with E-state index in [0.717, 1.165) is 11.1 Å². The largest absolute Gasteiger partial charge is 0.481 e. The van der Waals surface area contributed by atoms with Crippen LogP contribution in [0.1, 0.15) is 23.6 Å². The fraction of sp³-hybridized carbons (Fsp3) is 0.300. The van der Waals surface area contributed by atoms with Gasteiger partial charge in [-0.15, -0.1) is 5.56 Å². The summed E-state index contributed by atoms with van der Waals surface area (Å²) in [7, 11) is 0. The molecule has 0 fully saturated rings. The molecule has 1 aromatic carbocycles. The molecule has 73 valence electrons. The van der Waals surface area contributed by atoms with Crippen LogP contribution in [0.5, 0.6) is 0 Å². The van der Waals surface area contributed by atoms with E-state index in [-0.39, 0.29) is 39.1 Å². The zero-order chi connectivity index (χ0) is 9.84. The number of hydrogen-bond donors (Lipinski definition) is 2. The van der Waals surface area contributed by atoms with Gasteiger partial charge in [0.2, 0.25) is 0 Å². The fourth-order valence-corrected chi connectivity index (χ4v) is 1.14. The molecule has 1 atom stereocenters. The Morgan fingerprint density at radius 1 is 1.64 bits per heavy atom. The van der Waals surface area contributed by atoms with Crippen molar-refractivity contribution < 1.29 is 42.6 Å². The van der Waals surface area contributed by atoms with E-state index >= 15 is 0 Å². The van der Waals surface area contributed by atoms with Crippen molar-refractivity contribution in [3.05, 3.63) is 35.4 Å². The molecule has 1 radical (unpaired) electrons. The topological polar surface area (TPSA) is 63.3 Å². The zero-order valence-electron chi connectivity index (χ0n) is 8.03. The van der Waals surface area contributed by atoms with E-state index < -0.39 is 12.0 Å². The van der Waals surface area contributed by atoms with Crippen molar-refractivity contribution in [2.24, 2.45) is 5.73 Å². The summed E-state index contributed by atoms with van der Waals surface area (Å²) >= 11 is 0. The molecule has 0 saturated carbocycles. The van der Waals surface area contributed by atoms with Gasteiger partial charge in [0, 0.05) is 32.7 Å². The number of benzene rings is 1. The maximum absolute atomic E-state index is 10.4. The molecule has 1 unspecified atom stereocenters. The number of carbonyl (C=O) groups is 1. The molecule has 14 heavy (non-hydrogen) atoms. The van der Waals surface area contributed by atoms with Gasteiger partial charge in [-0.2, -0.15) is 29.8 Å². The van der Waals surface area contributed by atoms with Crippen molar-refractivity contribution in [1.29, 1.82) is 0 Å². The van der Waals surface area contributed by atoms with Crippen molar-refractivity contribution in [3.63, 3.8) is 0 Å². The van der Waals surface area contributed by atoms with Crippen LogP contribution in [-0.4, -0.2) is 11.1 Å². The third kappa shape index (κ3) is 4.31. The molecule has 1 rings (SSSR count). The smallest absolute Gasteiger partial charge is 0.304 e. The Hall–Kier alpha value is -0.246. The summed E-state index contributed by atoms with van der Waals surface area (Å²) in [6.07, 6.45) is -0.0444. The summed E-state index contributed by atoms with van der Waals surface area (Å²) in [4.78, 5) is 10.4. The Balaban J connectivity index is 0.00000169. The minimum absolute atomic E-state index is 0. The Labute approximate surface area is 109 Å². The van der Waals surface area contributed by atoms with Gasteiger partial charge >= 0.3 is 5.97 Å². The SMILES string of the molecule is Cc1c[c-]cc(C(N)CC(=O)O)c1.[Y]. The molecular weight excluding hydrogens is 255 g/mol. The molecule has 0 bridgehead atoms. The summed E-state index contributed by atoms with van der Waals surface area (Å²) in [6.45, 7) is 1.92. The van der Waals surface area contributed by atoms with E-state index in [2.05, 4.69) is 6.07 Å². The van der Waals surface area contributed by atoms with Crippen LogP contribution in [0.2, 0.25) is 0 Å². The number of aryl methyl sites for hydroxylation is 1. The first-order valence-electron chi connectivity index (χ1n) is 4.04. The van der Waals surface area contributed by atoms with Crippen LogP contribution in [0.3, 0.4) is 0 Å². The Kier molecular flexibility index (Phi) is 6.17. The first-order valence-corrected chi connectivity index (χ1v) is 4.04. The quantitative estimate of drug-likeness (QED) is 0.810. The zero-order valence-corrected chi connectivity index (χ0v) is 10.9. The standard InChI is InChI=1S/C10H12NO2.Y/c1-7-3-2-4-8(5-7)9(11)6-10(12)13;/h3-5,9H,6,11H2,1H3,(H,12,13);/q-1;. The van der Waals surface area contributed by atoms with Gasteiger partial charge in [-0.1, -0.05) is 6.92 Å². The van der Waals surface area contributed by atoms with Gasteiger partial charge < -0.3 is 10.8 Å². The molecule has 0 amide bonds. The number of rotatable bonds is 3. The van der Waals surface area contributed by atoms with Crippen molar-refractivity contribution in [2.75, 3.05) is 0 Å². The second-order valence-electron chi connectivity index (χ2n) is 3.05. The summed E-state index contributed by atoms with van der Waals surface area (Å²) in [5, 5.41) is 8.52. The van der Waals surface area contributed by atoms with Gasteiger partial charge in [-0.25, -0.2) is 0 Å². The van der Waals surface area contributed by atoms with E-state index in [1.54, 1.807) is 6.07 Å². The van der Waals surface area contributed by atoms with Crippen LogP contribution in [-0.2, 0) is 37.5 Å². The van der Waals surface area contributed by atoms with Gasteiger partial charge in [0.25, 0.3) is 0 Å². The second kappa shape index (κ2) is 6.28. The first kappa shape index (κ1) is 13.8. The molecule has 0 heterocycles. The maximum atomic E-state index is 10.4. The van der Waals surface area contributed by atoms with Gasteiger partial charge in [0.05, 0.1) is 6.42 Å². The Morgan fingerprint density at radius 2 is 2.29 bits per heavy atom. The average Bonchev–Trinajstić information content (AvgIpc) is 2.03. The summed E-state index contributed by atoms with van der Waals surface area (Å²) in [5.41, 5.74) is 7.53. The van der Waals surface area contributed by atoms with Crippen LogP contribution >= 0.6 is 0 Å². The summed E-state index contributed by atoms with van der Waals surface area (Å²) in [6, 6.07) is 7.91. The fourth-order valence-electron chi connectivity index (χ4n) is 1.14. The van der Waals surface area contributed by atoms with E-state index in [0.29, 0.717) is 0 Å². The second-order valence-corrected chi connectivity index (χ2v) is 3.05. The monoisotopic (exact) mass is 267 g/mol. The van der Waals surface area contributed by atoms with Crippen molar-refractivity contribution in [2.45, 2.75) is 19.4 Å². The first-order chi connectivity index (χ1) is 6.09. The van der Waals surface area contributed by atoms with Crippen LogP contribution in [0.15, 0.2) is 18.2 Å². The van der Waals surface area contributed by atoms with Crippen LogP contribution in [0.25, 0.3) is 0 Å². The van der Waals surface area contributed by atoms with Crippen molar-refractivity contribution in [1.82, 2.24) is 0 Å². The van der Waals surface area contributed by atoms with E-state index in [9.17, 15) is 4.79 Å². The molecule has 0 aliphatic heterocycles. The molecule has 0 aromatic heterocycles. The predicted molar refractivity (Wildman–Crippen MR) is 49.2 cm³/mol. The van der Waals surface area contributed by atoms with E-state index in [1.165, 1.54) is 0 Å². The molecule has 0 saturated heterocycles. The molecule has 3 nitrogen and oxygen atoms in total. The van der Waals surface area contributed by atoms with Crippen LogP contribution < -0.4 is 5.73 Å². The molecule has 0 aliphatic rings. The van der Waals surface area contributed by atoms with E-state index in [1.807, 2.05) is 19.1 Å². The third-order valence-corrected chi connectivity index (χ3v) is 1.78. The van der Waals surface area contributed by atoms with Crippen LogP contribution in [0, 0.1) is 13.0 Å². The minimum atomic E-state index is -0.881. The summed E-state index contributed by atoms with van der Waals surface area (Å²) in [5.74, 6) is -0.881. The maximum Gasteiger partial charge on any atom is 0.304 e. The number of carboxylic acids is 1. The molecule has 0 aliphatic carbocycles. The molecule has 0 spiro atoms. The van der Waals surface area contributed by atoms with E-state index in [4.69, 9.17) is 10.8 Å². The Bertz CT molecular complexity index is 315. The minimum Gasteiger partial charge on any atom is -0.481 e. The molecular formula is C10H12NO2Y-. The number of carboxylic acid groups (broad SMARTS) is 1. The average molecular weight is 267 g/mol. The third-order valence-electron chi connectivity index (χ3n) is 1.78. The Morgan fingerprint density at radius 3 is 2.79 bits per heavy atom. The normalized spacial score (nSPS) is 11.6. The molecule has 3 N–H and O–H groups in total. The molecule has 1 aromatic rings. The van der Waals surface area contributed by atoms with Crippen molar-refractivity contribution >= 4 is 5.97 Å². The van der Waals surface area contributed by atoms with Crippen LogP contribution in [0.4, 0.5) is 0 Å². The number of hydrogen-bond acceptors (Lipinski definition) is 2. The van der Waals surface area contributed by atoms with Gasteiger partial charge in [-0.3, -0.25) is 4.79 Å². The van der Waals surface area contributed by atoms with Gasteiger partial charge in [-0.05, 0) is 6.04 Å². The van der Waals surface area contributed by atoms with Crippen molar-refractivity contribution in [3.8, 4) is 0 Å².